The molecule has 15 heteroatoms. The van der Waals surface area contributed by atoms with Gasteiger partial charge < -0.3 is 30.5 Å². The van der Waals surface area contributed by atoms with E-state index in [0.717, 1.165) is 0 Å². The standard InChI is InChI=1S/C29H23ClN6O7S/c30-28-34-23(31)19-24(35-28)36(11-32-19)25-20(37)18-21(42-25)22(18)43-29(27(40)41,17-10-44-12-33-17)9-13-5-7-14(8-6-13)15-3-1-2-4-16(15)26(38)39/h1-8,10-12,18,20-22,25,37H,9H2,(H,38,39)(H,40,41)(H2,31,34,35)/t18?,20-,21+,22?,25-,29?/m1/s1. The van der Waals surface area contributed by atoms with Crippen LogP contribution in [0.1, 0.15) is 27.8 Å². The lowest BCUT2D eigenvalue weighted by Gasteiger charge is -2.30. The number of aromatic carboxylic acids is 1. The summed E-state index contributed by atoms with van der Waals surface area (Å²) in [5, 5.41) is 32.9. The van der Waals surface area contributed by atoms with E-state index in [0.29, 0.717) is 27.9 Å². The number of fused-ring (bicyclic) bond motifs is 2. The van der Waals surface area contributed by atoms with Crippen LogP contribution in [0, 0.1) is 5.92 Å². The van der Waals surface area contributed by atoms with Crippen molar-refractivity contribution in [2.24, 2.45) is 5.92 Å². The Morgan fingerprint density at radius 3 is 2.55 bits per heavy atom. The summed E-state index contributed by atoms with van der Waals surface area (Å²) in [5.74, 6) is -2.73. The van der Waals surface area contributed by atoms with Crippen molar-refractivity contribution in [2.45, 2.75) is 36.6 Å². The number of nitrogens with zero attached hydrogens (tertiary/aromatic N) is 5. The first-order valence-electron chi connectivity index (χ1n) is 13.4. The topological polar surface area (TPSA) is 196 Å². The number of hydrogen-bond donors (Lipinski definition) is 4. The van der Waals surface area contributed by atoms with E-state index in [1.54, 1.807) is 47.8 Å². The third-order valence-electron chi connectivity index (χ3n) is 8.02. The molecule has 0 radical (unpaired) electrons. The monoisotopic (exact) mass is 634 g/mol. The Morgan fingerprint density at radius 2 is 1.89 bits per heavy atom. The van der Waals surface area contributed by atoms with Gasteiger partial charge in [-0.3, -0.25) is 4.57 Å². The van der Waals surface area contributed by atoms with Gasteiger partial charge in [-0.1, -0.05) is 42.5 Å². The number of aliphatic hydroxyl groups is 1. The minimum Gasteiger partial charge on any atom is -0.479 e. The van der Waals surface area contributed by atoms with Crippen LogP contribution in [-0.2, 0) is 26.3 Å². The molecular formula is C29H23ClN6O7S. The van der Waals surface area contributed by atoms with Gasteiger partial charge in [0, 0.05) is 17.7 Å². The van der Waals surface area contributed by atoms with Crippen molar-refractivity contribution in [1.82, 2.24) is 24.5 Å². The zero-order chi connectivity index (χ0) is 30.7. The van der Waals surface area contributed by atoms with E-state index in [-0.39, 0.29) is 28.8 Å². The Hall–Kier alpha value is -4.47. The van der Waals surface area contributed by atoms with E-state index in [1.165, 1.54) is 33.8 Å². The number of aliphatic carboxylic acids is 1. The van der Waals surface area contributed by atoms with Crippen LogP contribution in [0.5, 0.6) is 0 Å². The van der Waals surface area contributed by atoms with E-state index in [1.807, 2.05) is 0 Å². The van der Waals surface area contributed by atoms with Crippen LogP contribution in [0.4, 0.5) is 5.82 Å². The molecule has 5 aromatic rings. The molecule has 2 fully saturated rings. The Bertz CT molecular complexity index is 1900. The molecule has 1 aliphatic heterocycles. The SMILES string of the molecule is Nc1nc(Cl)nc2c1ncn2[C@@H]1O[C@@H]2C(OC(Cc3ccc(-c4ccccc4C(=O)O)cc3)(C(=O)O)c3cscn3)C2[C@H]1O. The van der Waals surface area contributed by atoms with Gasteiger partial charge in [0.25, 0.3) is 0 Å². The molecule has 0 spiro atoms. The number of aromatic nitrogens is 5. The first-order chi connectivity index (χ1) is 21.2. The molecule has 44 heavy (non-hydrogen) atoms. The summed E-state index contributed by atoms with van der Waals surface area (Å²) in [5.41, 5.74) is 8.37. The van der Waals surface area contributed by atoms with Crippen LogP contribution in [0.2, 0.25) is 5.28 Å². The lowest BCUT2D eigenvalue weighted by atomic mass is 9.90. The molecule has 7 rings (SSSR count). The average molecular weight is 635 g/mol. The van der Waals surface area contributed by atoms with E-state index < -0.39 is 48.0 Å². The fourth-order valence-electron chi connectivity index (χ4n) is 5.82. The summed E-state index contributed by atoms with van der Waals surface area (Å²) in [6.45, 7) is 0. The van der Waals surface area contributed by atoms with Gasteiger partial charge in [-0.2, -0.15) is 9.97 Å². The van der Waals surface area contributed by atoms with Crippen molar-refractivity contribution < 1.29 is 34.4 Å². The Labute approximate surface area is 257 Å². The Kier molecular flexibility index (Phi) is 6.82. The van der Waals surface area contributed by atoms with Gasteiger partial charge in [0.2, 0.25) is 10.9 Å². The van der Waals surface area contributed by atoms with Crippen LogP contribution >= 0.6 is 22.9 Å². The predicted molar refractivity (Wildman–Crippen MR) is 157 cm³/mol. The van der Waals surface area contributed by atoms with E-state index in [4.69, 9.17) is 26.8 Å². The van der Waals surface area contributed by atoms with Crippen LogP contribution in [0.15, 0.2) is 65.7 Å². The average Bonchev–Trinajstić information content (AvgIpc) is 3.42. The summed E-state index contributed by atoms with van der Waals surface area (Å²) in [6.07, 6.45) is -1.94. The van der Waals surface area contributed by atoms with Gasteiger partial charge in [0.05, 0.1) is 35.3 Å². The van der Waals surface area contributed by atoms with Gasteiger partial charge in [0.15, 0.2) is 17.7 Å². The van der Waals surface area contributed by atoms with Crippen molar-refractivity contribution in [3.8, 4) is 11.1 Å². The summed E-state index contributed by atoms with van der Waals surface area (Å²) in [4.78, 5) is 41.3. The molecule has 3 unspecified atom stereocenters. The first-order valence-corrected chi connectivity index (χ1v) is 14.7. The second-order valence-corrected chi connectivity index (χ2v) is 11.6. The van der Waals surface area contributed by atoms with E-state index in [9.17, 15) is 24.9 Å². The number of benzene rings is 2. The fraction of sp³-hybridized carbons (Fsp3) is 0.241. The van der Waals surface area contributed by atoms with Crippen molar-refractivity contribution >= 4 is 51.9 Å². The second kappa shape index (κ2) is 10.6. The number of rotatable bonds is 9. The van der Waals surface area contributed by atoms with Crippen molar-refractivity contribution in [1.29, 1.82) is 0 Å². The maximum atomic E-state index is 13.0. The number of carboxylic acids is 2. The van der Waals surface area contributed by atoms with Gasteiger partial charge in [-0.15, -0.1) is 11.3 Å². The van der Waals surface area contributed by atoms with Crippen LogP contribution in [-0.4, -0.2) is 70.1 Å². The number of thiazole rings is 1. The molecular weight excluding hydrogens is 612 g/mol. The number of ether oxygens (including phenoxy) is 2. The van der Waals surface area contributed by atoms with Crippen LogP contribution in [0.25, 0.3) is 22.3 Å². The van der Waals surface area contributed by atoms with Gasteiger partial charge in [-0.25, -0.2) is 19.6 Å². The molecule has 2 aliphatic rings. The van der Waals surface area contributed by atoms with Crippen molar-refractivity contribution in [2.75, 3.05) is 5.73 Å². The number of halogens is 1. The molecule has 5 N–H and O–H groups in total. The highest BCUT2D eigenvalue weighted by Crippen LogP contribution is 2.54. The summed E-state index contributed by atoms with van der Waals surface area (Å²) in [6, 6.07) is 13.6. The quantitative estimate of drug-likeness (QED) is 0.173. The van der Waals surface area contributed by atoms with Gasteiger partial charge >= 0.3 is 11.9 Å². The summed E-state index contributed by atoms with van der Waals surface area (Å²) < 4.78 is 14.0. The predicted octanol–water partition coefficient (Wildman–Crippen LogP) is 3.38. The highest BCUT2D eigenvalue weighted by Gasteiger charge is 2.68. The largest absolute Gasteiger partial charge is 0.479 e. The molecule has 3 aromatic heterocycles. The maximum Gasteiger partial charge on any atom is 0.342 e. The summed E-state index contributed by atoms with van der Waals surface area (Å²) in [7, 11) is 0. The fourth-order valence-corrected chi connectivity index (χ4v) is 6.61. The van der Waals surface area contributed by atoms with Crippen molar-refractivity contribution in [3.63, 3.8) is 0 Å². The lowest BCUT2D eigenvalue weighted by Crippen LogP contribution is -2.43. The second-order valence-electron chi connectivity index (χ2n) is 10.6. The van der Waals surface area contributed by atoms with E-state index in [2.05, 4.69) is 19.9 Å². The normalized spacial score (nSPS) is 23.7. The number of hydrogen-bond acceptors (Lipinski definition) is 11. The zero-order valence-electron chi connectivity index (χ0n) is 22.5. The number of aliphatic hydroxyl groups excluding tert-OH is 1. The smallest absolute Gasteiger partial charge is 0.342 e. The molecule has 1 saturated carbocycles. The number of imidazole rings is 1. The van der Waals surface area contributed by atoms with Crippen molar-refractivity contribution in [3.05, 3.63) is 87.9 Å². The Balaban J connectivity index is 1.15. The third kappa shape index (κ3) is 4.58. The number of nitrogens with two attached hydrogens (primary N) is 1. The molecule has 4 heterocycles. The van der Waals surface area contributed by atoms with E-state index >= 15 is 0 Å². The minimum absolute atomic E-state index is 0.0794. The molecule has 0 bridgehead atoms. The number of nitrogen functional groups attached to an aromatic ring is 1. The molecule has 1 aliphatic carbocycles. The summed E-state index contributed by atoms with van der Waals surface area (Å²) >= 11 is 7.22. The highest BCUT2D eigenvalue weighted by molar-refractivity contribution is 7.07. The van der Waals surface area contributed by atoms with Crippen LogP contribution in [0.3, 0.4) is 0 Å². The lowest BCUT2D eigenvalue weighted by molar-refractivity contribution is -0.179. The first kappa shape index (κ1) is 28.3. The number of carboxylic acid groups (broad SMARTS) is 2. The molecule has 1 saturated heterocycles. The maximum absolute atomic E-state index is 13.0. The Morgan fingerprint density at radius 1 is 1.11 bits per heavy atom. The minimum atomic E-state index is -1.88. The molecule has 6 atom stereocenters. The molecule has 224 valence electrons. The van der Waals surface area contributed by atoms with Gasteiger partial charge in [-0.05, 0) is 34.4 Å². The number of carbonyl (C=O) groups is 2. The highest BCUT2D eigenvalue weighted by atomic mass is 35.5. The van der Waals surface area contributed by atoms with Gasteiger partial charge in [0.1, 0.15) is 11.6 Å². The third-order valence-corrected chi connectivity index (χ3v) is 8.78. The zero-order valence-corrected chi connectivity index (χ0v) is 24.1. The molecule has 0 amide bonds. The molecule has 2 aromatic carbocycles. The molecule has 13 nitrogen and oxygen atoms in total. The number of anilines is 1. The van der Waals surface area contributed by atoms with Crippen LogP contribution < -0.4 is 5.73 Å².